The second-order valence-electron chi connectivity index (χ2n) is 5.71. The van der Waals surface area contributed by atoms with E-state index in [1.54, 1.807) is 25.3 Å². The van der Waals surface area contributed by atoms with Crippen LogP contribution in [0.15, 0.2) is 18.2 Å². The molecule has 1 aromatic heterocycles. The lowest BCUT2D eigenvalue weighted by Crippen LogP contribution is -2.25. The molecule has 0 saturated carbocycles. The number of methoxy groups -OCH3 is 1. The first-order valence-electron chi connectivity index (χ1n) is 7.48. The highest BCUT2D eigenvalue weighted by Crippen LogP contribution is 2.28. The first kappa shape index (κ1) is 17.3. The number of benzene rings is 1. The van der Waals surface area contributed by atoms with E-state index >= 15 is 0 Å². The molecular weight excluding hydrogens is 314 g/mol. The van der Waals surface area contributed by atoms with Gasteiger partial charge in [0.2, 0.25) is 5.91 Å². The molecule has 0 aliphatic carbocycles. The van der Waals surface area contributed by atoms with Crippen molar-refractivity contribution in [3.05, 3.63) is 40.2 Å². The van der Waals surface area contributed by atoms with Crippen molar-refractivity contribution in [2.24, 2.45) is 5.92 Å². The summed E-state index contributed by atoms with van der Waals surface area (Å²) in [5.41, 5.74) is 3.81. The standard InChI is InChI=1S/C17H22ClN3O2/c1-10(9-21-13(4)11(2)12(3)20-21)17(22)19-15-8-14(18)6-7-16(15)23-5/h6-8,10H,9H2,1-5H3,(H,19,22)/t10-/m0/s1. The number of ether oxygens (including phenoxy) is 1. The number of rotatable bonds is 5. The maximum absolute atomic E-state index is 12.4. The summed E-state index contributed by atoms with van der Waals surface area (Å²) in [4.78, 5) is 12.4. The van der Waals surface area contributed by atoms with Crippen molar-refractivity contribution >= 4 is 23.2 Å². The van der Waals surface area contributed by atoms with Gasteiger partial charge < -0.3 is 10.1 Å². The number of hydrogen-bond donors (Lipinski definition) is 1. The third kappa shape index (κ3) is 3.85. The summed E-state index contributed by atoms with van der Waals surface area (Å²) >= 11 is 5.99. The molecule has 1 heterocycles. The van der Waals surface area contributed by atoms with Crippen molar-refractivity contribution in [2.75, 3.05) is 12.4 Å². The Morgan fingerprint density at radius 3 is 2.65 bits per heavy atom. The van der Waals surface area contributed by atoms with Crippen LogP contribution in [0.1, 0.15) is 23.9 Å². The van der Waals surface area contributed by atoms with Gasteiger partial charge in [-0.15, -0.1) is 0 Å². The van der Waals surface area contributed by atoms with Crippen LogP contribution in [0.5, 0.6) is 5.75 Å². The zero-order chi connectivity index (χ0) is 17.1. The van der Waals surface area contributed by atoms with E-state index in [1.165, 1.54) is 0 Å². The maximum atomic E-state index is 12.4. The Morgan fingerprint density at radius 2 is 2.09 bits per heavy atom. The van der Waals surface area contributed by atoms with Crippen molar-refractivity contribution in [3.8, 4) is 5.75 Å². The van der Waals surface area contributed by atoms with Gasteiger partial charge in [-0.3, -0.25) is 9.48 Å². The molecule has 0 fully saturated rings. The number of aromatic nitrogens is 2. The zero-order valence-corrected chi connectivity index (χ0v) is 14.9. The van der Waals surface area contributed by atoms with Gasteiger partial charge in [0, 0.05) is 10.7 Å². The van der Waals surface area contributed by atoms with Crippen LogP contribution >= 0.6 is 11.6 Å². The average Bonchev–Trinajstić information content (AvgIpc) is 2.74. The van der Waals surface area contributed by atoms with Crippen LogP contribution in [-0.4, -0.2) is 22.8 Å². The van der Waals surface area contributed by atoms with Crippen LogP contribution in [0.25, 0.3) is 0 Å². The van der Waals surface area contributed by atoms with Gasteiger partial charge in [-0.1, -0.05) is 18.5 Å². The molecule has 124 valence electrons. The quantitative estimate of drug-likeness (QED) is 0.905. The predicted octanol–water partition coefficient (Wildman–Crippen LogP) is 3.75. The molecule has 2 aromatic rings. The summed E-state index contributed by atoms with van der Waals surface area (Å²) in [5, 5.41) is 7.90. The highest BCUT2D eigenvalue weighted by molar-refractivity contribution is 6.31. The van der Waals surface area contributed by atoms with Gasteiger partial charge in [-0.25, -0.2) is 0 Å². The Labute approximate surface area is 141 Å². The van der Waals surface area contributed by atoms with E-state index in [9.17, 15) is 4.79 Å². The lowest BCUT2D eigenvalue weighted by atomic mass is 10.1. The maximum Gasteiger partial charge on any atom is 0.229 e. The van der Waals surface area contributed by atoms with Crippen LogP contribution in [0.3, 0.4) is 0 Å². The molecule has 0 spiro atoms. The van der Waals surface area contributed by atoms with Gasteiger partial charge in [0.15, 0.2) is 0 Å². The Balaban J connectivity index is 2.11. The van der Waals surface area contributed by atoms with E-state index in [-0.39, 0.29) is 11.8 Å². The minimum absolute atomic E-state index is 0.101. The highest BCUT2D eigenvalue weighted by Gasteiger charge is 2.18. The Hall–Kier alpha value is -2.01. The van der Waals surface area contributed by atoms with Gasteiger partial charge in [-0.05, 0) is 44.5 Å². The molecule has 6 heteroatoms. The van der Waals surface area contributed by atoms with Gasteiger partial charge in [-0.2, -0.15) is 5.10 Å². The van der Waals surface area contributed by atoms with Crippen LogP contribution in [0.4, 0.5) is 5.69 Å². The number of aryl methyl sites for hydroxylation is 1. The average molecular weight is 336 g/mol. The third-order valence-electron chi connectivity index (χ3n) is 4.06. The normalized spacial score (nSPS) is 12.1. The van der Waals surface area contributed by atoms with Crippen molar-refractivity contribution in [1.29, 1.82) is 0 Å². The lowest BCUT2D eigenvalue weighted by Gasteiger charge is -2.15. The van der Waals surface area contributed by atoms with Crippen LogP contribution in [0, 0.1) is 26.7 Å². The number of carbonyl (C=O) groups excluding carboxylic acids is 1. The van der Waals surface area contributed by atoms with E-state index in [2.05, 4.69) is 10.4 Å². The van der Waals surface area contributed by atoms with E-state index < -0.39 is 0 Å². The van der Waals surface area contributed by atoms with Crippen LogP contribution in [0.2, 0.25) is 5.02 Å². The van der Waals surface area contributed by atoms with Crippen molar-refractivity contribution in [1.82, 2.24) is 9.78 Å². The number of halogens is 1. The fourth-order valence-electron chi connectivity index (χ4n) is 2.34. The smallest absolute Gasteiger partial charge is 0.229 e. The molecule has 1 N–H and O–H groups in total. The minimum Gasteiger partial charge on any atom is -0.495 e. The molecule has 1 amide bonds. The SMILES string of the molecule is COc1ccc(Cl)cc1NC(=O)[C@@H](C)Cn1nc(C)c(C)c1C. The fraction of sp³-hybridized carbons (Fsp3) is 0.412. The molecule has 1 aromatic carbocycles. The number of hydrogen-bond acceptors (Lipinski definition) is 3. The Morgan fingerprint density at radius 1 is 1.39 bits per heavy atom. The first-order valence-corrected chi connectivity index (χ1v) is 7.86. The number of carbonyl (C=O) groups is 1. The molecule has 0 radical (unpaired) electrons. The third-order valence-corrected chi connectivity index (χ3v) is 4.29. The molecule has 0 aliphatic rings. The van der Waals surface area contributed by atoms with E-state index in [4.69, 9.17) is 16.3 Å². The van der Waals surface area contributed by atoms with E-state index in [0.717, 1.165) is 17.0 Å². The Kier molecular flexibility index (Phi) is 5.31. The number of nitrogens with one attached hydrogen (secondary N) is 1. The summed E-state index contributed by atoms with van der Waals surface area (Å²) in [5.74, 6) is 0.240. The molecule has 2 rings (SSSR count). The fourth-order valence-corrected chi connectivity index (χ4v) is 2.51. The second-order valence-corrected chi connectivity index (χ2v) is 6.15. The largest absolute Gasteiger partial charge is 0.495 e. The predicted molar refractivity (Wildman–Crippen MR) is 92.2 cm³/mol. The topological polar surface area (TPSA) is 56.1 Å². The van der Waals surface area contributed by atoms with Gasteiger partial charge in [0.1, 0.15) is 5.75 Å². The van der Waals surface area contributed by atoms with Crippen molar-refractivity contribution in [2.45, 2.75) is 34.2 Å². The highest BCUT2D eigenvalue weighted by atomic mass is 35.5. The van der Waals surface area contributed by atoms with Crippen molar-refractivity contribution in [3.63, 3.8) is 0 Å². The van der Waals surface area contributed by atoms with Crippen LogP contribution in [-0.2, 0) is 11.3 Å². The minimum atomic E-state index is -0.240. The second kappa shape index (κ2) is 7.04. The Bertz CT molecular complexity index is 725. The number of amides is 1. The summed E-state index contributed by atoms with van der Waals surface area (Å²) in [6.45, 7) is 8.42. The van der Waals surface area contributed by atoms with Gasteiger partial charge in [0.05, 0.1) is 31.0 Å². The van der Waals surface area contributed by atoms with Gasteiger partial charge >= 0.3 is 0 Å². The molecule has 0 aliphatic heterocycles. The van der Waals surface area contributed by atoms with E-state index in [0.29, 0.717) is 23.0 Å². The molecule has 0 bridgehead atoms. The van der Waals surface area contributed by atoms with Crippen LogP contribution < -0.4 is 10.1 Å². The molecule has 23 heavy (non-hydrogen) atoms. The molecule has 0 unspecified atom stereocenters. The molecule has 1 atom stereocenters. The van der Waals surface area contributed by atoms with Crippen molar-refractivity contribution < 1.29 is 9.53 Å². The summed E-state index contributed by atoms with van der Waals surface area (Å²) in [6, 6.07) is 5.13. The monoisotopic (exact) mass is 335 g/mol. The first-order chi connectivity index (χ1) is 10.8. The summed E-state index contributed by atoms with van der Waals surface area (Å²) < 4.78 is 7.13. The molecular formula is C17H22ClN3O2. The molecule has 0 saturated heterocycles. The molecule has 5 nitrogen and oxygen atoms in total. The van der Waals surface area contributed by atoms with Gasteiger partial charge in [0.25, 0.3) is 0 Å². The van der Waals surface area contributed by atoms with E-state index in [1.807, 2.05) is 32.4 Å². The lowest BCUT2D eigenvalue weighted by molar-refractivity contribution is -0.119. The summed E-state index contributed by atoms with van der Waals surface area (Å²) in [6.07, 6.45) is 0. The number of anilines is 1. The zero-order valence-electron chi connectivity index (χ0n) is 14.1. The summed E-state index contributed by atoms with van der Waals surface area (Å²) in [7, 11) is 1.56. The number of nitrogens with zero attached hydrogens (tertiary/aromatic N) is 2.